The fourth-order valence-corrected chi connectivity index (χ4v) is 8.86. The third kappa shape index (κ3) is 9.82. The van der Waals surface area contributed by atoms with Crippen LogP contribution in [0.5, 0.6) is 0 Å². The highest BCUT2D eigenvalue weighted by atomic mass is 16.7. The van der Waals surface area contributed by atoms with Crippen LogP contribution >= 0.6 is 0 Å². The molecule has 4 saturated heterocycles. The number of cyclic esters (lactones) is 1. The summed E-state index contributed by atoms with van der Waals surface area (Å²) < 4.78 is 30.1. The molecule has 11 nitrogen and oxygen atoms in total. The van der Waals surface area contributed by atoms with Gasteiger partial charge in [0.25, 0.3) is 0 Å². The summed E-state index contributed by atoms with van der Waals surface area (Å²) in [5, 5.41) is 20.5. The quantitative estimate of drug-likeness (QED) is 0.156. The number of hydrogen-bond acceptors (Lipinski definition) is 11. The van der Waals surface area contributed by atoms with Crippen LogP contribution in [0.2, 0.25) is 0 Å². The number of ether oxygens (including phenoxy) is 5. The number of aliphatic hydroxyl groups is 2. The monoisotopic (exact) mass is 732 g/mol. The van der Waals surface area contributed by atoms with E-state index in [2.05, 4.69) is 43.0 Å². The summed E-state index contributed by atoms with van der Waals surface area (Å²) in [6.07, 6.45) is 3.77. The van der Waals surface area contributed by atoms with Crippen molar-refractivity contribution in [3.63, 3.8) is 0 Å². The van der Waals surface area contributed by atoms with Crippen LogP contribution in [-0.2, 0) is 39.7 Å². The number of rotatable bonds is 8. The second kappa shape index (κ2) is 17.7. The summed E-state index contributed by atoms with van der Waals surface area (Å²) >= 11 is 0. The van der Waals surface area contributed by atoms with E-state index in [-0.39, 0.29) is 35.9 Å². The molecule has 0 spiro atoms. The summed E-state index contributed by atoms with van der Waals surface area (Å²) in [4.78, 5) is 30.8. The van der Waals surface area contributed by atoms with E-state index in [1.165, 1.54) is 5.56 Å². The summed E-state index contributed by atoms with van der Waals surface area (Å²) in [7, 11) is 5.75. The lowest BCUT2D eigenvalue weighted by Crippen LogP contribution is -2.57. The van der Waals surface area contributed by atoms with Crippen LogP contribution < -0.4 is 0 Å². The van der Waals surface area contributed by atoms with Gasteiger partial charge in [-0.3, -0.25) is 9.59 Å². The largest absolute Gasteiger partial charge is 0.459 e. The van der Waals surface area contributed by atoms with Crippen molar-refractivity contribution in [3.05, 3.63) is 35.9 Å². The number of aryl methyl sites for hydroxylation is 1. The van der Waals surface area contributed by atoms with Crippen molar-refractivity contribution in [3.8, 4) is 0 Å². The summed E-state index contributed by atoms with van der Waals surface area (Å²) in [6, 6.07) is 10.5. The van der Waals surface area contributed by atoms with Crippen LogP contribution in [0.4, 0.5) is 0 Å². The molecule has 11 heteroatoms. The first-order valence-corrected chi connectivity index (χ1v) is 19.5. The maximum atomic E-state index is 13.3. The first-order valence-electron chi connectivity index (χ1n) is 19.5. The molecule has 0 aliphatic carbocycles. The van der Waals surface area contributed by atoms with Gasteiger partial charge in [-0.05, 0) is 105 Å². The predicted molar refractivity (Wildman–Crippen MR) is 199 cm³/mol. The Morgan fingerprint density at radius 2 is 1.62 bits per heavy atom. The van der Waals surface area contributed by atoms with Crippen LogP contribution in [0.25, 0.3) is 0 Å². The van der Waals surface area contributed by atoms with Crippen molar-refractivity contribution < 1.29 is 43.5 Å². The van der Waals surface area contributed by atoms with Gasteiger partial charge in [0.05, 0.1) is 23.3 Å². The number of aliphatic hydroxyl groups excluding tert-OH is 2. The molecular formula is C41H68N2O9. The molecule has 2 N–H and O–H groups in total. The van der Waals surface area contributed by atoms with Gasteiger partial charge in [-0.1, -0.05) is 51.1 Å². The van der Waals surface area contributed by atoms with E-state index in [9.17, 15) is 19.8 Å². The van der Waals surface area contributed by atoms with Crippen molar-refractivity contribution in [1.29, 1.82) is 0 Å². The fourth-order valence-electron chi connectivity index (χ4n) is 8.86. The number of benzene rings is 1. The van der Waals surface area contributed by atoms with Crippen LogP contribution in [0.1, 0.15) is 106 Å². The molecule has 7 unspecified atom stereocenters. The number of nitrogens with zero attached hydrogens (tertiary/aromatic N) is 2. The first-order chi connectivity index (χ1) is 24.4. The van der Waals surface area contributed by atoms with Gasteiger partial charge < -0.3 is 38.8 Å². The third-order valence-corrected chi connectivity index (χ3v) is 12.4. The zero-order valence-electron chi connectivity index (χ0n) is 33.7. The number of hydrogen-bond donors (Lipinski definition) is 2. The molecule has 4 fully saturated rings. The normalized spacial score (nSPS) is 41.7. The highest BCUT2D eigenvalue weighted by Crippen LogP contribution is 2.54. The number of carbonyl (C=O) groups excluding carboxylic acids is 2. The number of esters is 1. The van der Waals surface area contributed by atoms with Crippen molar-refractivity contribution in [2.75, 3.05) is 27.7 Å². The van der Waals surface area contributed by atoms with Gasteiger partial charge in [0.15, 0.2) is 6.29 Å². The summed E-state index contributed by atoms with van der Waals surface area (Å²) in [6.45, 7) is 16.3. The van der Waals surface area contributed by atoms with Crippen LogP contribution in [0.15, 0.2) is 30.3 Å². The lowest BCUT2D eigenvalue weighted by molar-refractivity contribution is -0.207. The lowest BCUT2D eigenvalue weighted by atomic mass is 9.74. The first kappa shape index (κ1) is 42.8. The molecule has 1 aromatic carbocycles. The number of ketones is 1. The molecule has 52 heavy (non-hydrogen) atoms. The molecule has 296 valence electrons. The molecular weight excluding hydrogens is 664 g/mol. The Bertz CT molecular complexity index is 1310. The van der Waals surface area contributed by atoms with Gasteiger partial charge in [-0.25, -0.2) is 4.90 Å². The Balaban J connectivity index is 0.000000470. The molecule has 1 aromatic rings. The lowest BCUT2D eigenvalue weighted by Gasteiger charge is -2.40. The Labute approximate surface area is 312 Å². The van der Waals surface area contributed by atoms with Gasteiger partial charge in [-0.15, -0.1) is 0 Å². The van der Waals surface area contributed by atoms with E-state index < -0.39 is 47.5 Å². The molecule has 4 aliphatic heterocycles. The van der Waals surface area contributed by atoms with E-state index in [4.69, 9.17) is 23.7 Å². The van der Waals surface area contributed by atoms with Gasteiger partial charge in [0, 0.05) is 32.0 Å². The molecule has 4 heterocycles. The van der Waals surface area contributed by atoms with E-state index >= 15 is 0 Å². The second-order valence-electron chi connectivity index (χ2n) is 16.8. The van der Waals surface area contributed by atoms with E-state index in [0.717, 1.165) is 32.1 Å². The van der Waals surface area contributed by atoms with Crippen molar-refractivity contribution in [2.45, 2.75) is 167 Å². The number of Topliss-reactive ketones (excluding diaryl/α,β-unsaturated/α-hetero) is 1. The zero-order valence-corrected chi connectivity index (χ0v) is 33.7. The molecule has 0 bridgehead atoms. The Hall–Kier alpha value is -1.96. The van der Waals surface area contributed by atoms with Crippen LogP contribution in [0, 0.1) is 17.8 Å². The molecule has 0 amide bonds. The minimum Gasteiger partial charge on any atom is -0.459 e. The number of fused-ring (bicyclic) bond motifs is 3. The molecule has 5 rings (SSSR count). The molecule has 0 radical (unpaired) electrons. The Kier molecular flexibility index (Phi) is 14.5. The van der Waals surface area contributed by atoms with Crippen molar-refractivity contribution in [1.82, 2.24) is 9.80 Å². The van der Waals surface area contributed by atoms with Crippen molar-refractivity contribution in [2.24, 2.45) is 17.8 Å². The second-order valence-corrected chi connectivity index (χ2v) is 16.8. The topological polar surface area (TPSA) is 131 Å². The number of unbranched alkanes of at least 4 members (excludes halogenated alkanes) is 1. The van der Waals surface area contributed by atoms with Gasteiger partial charge in [0.1, 0.15) is 29.5 Å². The van der Waals surface area contributed by atoms with E-state index in [1.54, 1.807) is 14.0 Å². The molecule has 0 aromatic heterocycles. The average Bonchev–Trinajstić information content (AvgIpc) is 3.70. The van der Waals surface area contributed by atoms with E-state index in [0.29, 0.717) is 31.8 Å². The number of carbonyl (C=O) groups is 2. The minimum atomic E-state index is -1.16. The maximum absolute atomic E-state index is 13.3. The number of epoxide rings is 1. The summed E-state index contributed by atoms with van der Waals surface area (Å²) in [5.74, 6) is -1.90. The van der Waals surface area contributed by atoms with Crippen LogP contribution in [-0.4, -0.2) is 119 Å². The third-order valence-electron chi connectivity index (χ3n) is 12.4. The van der Waals surface area contributed by atoms with Gasteiger partial charge in [-0.2, -0.15) is 0 Å². The van der Waals surface area contributed by atoms with Crippen LogP contribution in [0.3, 0.4) is 0 Å². The van der Waals surface area contributed by atoms with Gasteiger partial charge in [0.2, 0.25) is 6.41 Å². The molecule has 4 aliphatic rings. The maximum Gasteiger partial charge on any atom is 0.316 e. The zero-order chi connectivity index (χ0) is 38.6. The SMILES string of the molecule is CC1CC(N(C)C)CC(O)O1.CC[C@H]1OC(=O)C(C)C(=O)[C@H](C)C[C@](C)(OC)C[C@@H](C)[C@]2(C)OC2C2N(CCCCc3ccccc3)C(O)O[C@@]21C. The molecule has 13 atom stereocenters. The van der Waals surface area contributed by atoms with E-state index in [1.807, 2.05) is 59.7 Å². The summed E-state index contributed by atoms with van der Waals surface area (Å²) in [5.41, 5.74) is -0.805. The van der Waals surface area contributed by atoms with Gasteiger partial charge >= 0.3 is 5.97 Å². The standard InChI is InChI=1S/C33H51NO7.C8H17NO2/c1-9-25-33(7)27(34(30(37)41-33)18-14-13-17-24-15-11-10-12-16-24)28-32(6,40-28)22(3)20-31(5,38-8)19-21(2)26(35)23(4)29(36)39-25;1-6-4-7(9(2)3)5-8(10)11-6/h10-12,15-16,21-23,25,27-28,30,37H,9,13-14,17-20H2,1-8H3;6-8,10H,4-5H2,1-3H3/t21-,22-,23?,25-,27?,28?,30?,31+,32+,33-;/m1./s1. The smallest absolute Gasteiger partial charge is 0.316 e. The van der Waals surface area contributed by atoms with Crippen molar-refractivity contribution >= 4 is 11.8 Å². The molecule has 0 saturated carbocycles. The predicted octanol–water partition coefficient (Wildman–Crippen LogP) is 5.33. The highest BCUT2D eigenvalue weighted by molar-refractivity contribution is 5.99. The number of methoxy groups -OCH3 is 1. The minimum absolute atomic E-state index is 0.102. The highest BCUT2D eigenvalue weighted by Gasteiger charge is 2.70. The Morgan fingerprint density at radius 3 is 2.21 bits per heavy atom. The fraction of sp³-hybridized carbons (Fsp3) is 0.805. The Morgan fingerprint density at radius 1 is 0.942 bits per heavy atom. The average molecular weight is 733 g/mol.